The Balaban J connectivity index is 1.67. The molecule has 1 fully saturated rings. The molecule has 1 saturated heterocycles. The van der Waals surface area contributed by atoms with Gasteiger partial charge in [0.15, 0.2) is 0 Å². The molecule has 17 heavy (non-hydrogen) atoms. The highest BCUT2D eigenvalue weighted by Crippen LogP contribution is 2.15. The number of methoxy groups -OCH3 is 1. The predicted molar refractivity (Wildman–Crippen MR) is 66.8 cm³/mol. The minimum absolute atomic E-state index is 0.653. The van der Waals surface area contributed by atoms with Gasteiger partial charge in [0.25, 0.3) is 0 Å². The monoisotopic (exact) mass is 238 g/mol. The number of likely N-dealkylation sites (tertiary alicyclic amines) is 1. The number of nitrogens with one attached hydrogen (secondary N) is 2. The first-order valence-electron chi connectivity index (χ1n) is 6.32. The van der Waals surface area contributed by atoms with Crippen molar-refractivity contribution in [2.45, 2.75) is 25.4 Å². The molecule has 0 spiro atoms. The van der Waals surface area contributed by atoms with Gasteiger partial charge in [-0.05, 0) is 19.4 Å². The molecule has 1 aromatic heterocycles. The Hall–Kier alpha value is -0.910. The smallest absolute Gasteiger partial charge is 0.120 e. The lowest BCUT2D eigenvalue weighted by molar-refractivity contribution is 0.140. The molecule has 5 nitrogen and oxygen atoms in total. The lowest BCUT2D eigenvalue weighted by atomic mass is 10.2. The Kier molecular flexibility index (Phi) is 4.97. The Labute approximate surface area is 103 Å². The normalized spacial score (nSPS) is 21.1. The Morgan fingerprint density at radius 3 is 3.35 bits per heavy atom. The summed E-state index contributed by atoms with van der Waals surface area (Å²) in [6.45, 7) is 4.93. The molecule has 2 heterocycles. The first-order chi connectivity index (χ1) is 8.40. The van der Waals surface area contributed by atoms with Gasteiger partial charge >= 0.3 is 0 Å². The Morgan fingerprint density at radius 2 is 2.59 bits per heavy atom. The lowest BCUT2D eigenvalue weighted by Crippen LogP contribution is -2.39. The van der Waals surface area contributed by atoms with Crippen LogP contribution in [0.5, 0.6) is 0 Å². The fraction of sp³-hybridized carbons (Fsp3) is 0.750. The lowest BCUT2D eigenvalue weighted by Gasteiger charge is -2.24. The average Bonchev–Trinajstić information content (AvgIpc) is 2.98. The zero-order valence-electron chi connectivity index (χ0n) is 10.5. The zero-order valence-corrected chi connectivity index (χ0v) is 10.5. The number of nitrogens with zero attached hydrogens (tertiary/aromatic N) is 2. The first-order valence-corrected chi connectivity index (χ1v) is 6.32. The maximum atomic E-state index is 5.14. The number of aromatic amines is 1. The number of hydrogen-bond donors (Lipinski definition) is 2. The van der Waals surface area contributed by atoms with Crippen LogP contribution in [0, 0.1) is 0 Å². The summed E-state index contributed by atoms with van der Waals surface area (Å²) in [5.41, 5.74) is 0. The summed E-state index contributed by atoms with van der Waals surface area (Å²) >= 11 is 0. The van der Waals surface area contributed by atoms with Gasteiger partial charge in [-0.25, -0.2) is 4.98 Å². The molecule has 2 N–H and O–H groups in total. The van der Waals surface area contributed by atoms with E-state index in [0.29, 0.717) is 6.04 Å². The van der Waals surface area contributed by atoms with Crippen LogP contribution < -0.4 is 5.32 Å². The van der Waals surface area contributed by atoms with E-state index < -0.39 is 0 Å². The van der Waals surface area contributed by atoms with Crippen molar-refractivity contribution in [3.8, 4) is 0 Å². The van der Waals surface area contributed by atoms with E-state index >= 15 is 0 Å². The van der Waals surface area contributed by atoms with Crippen molar-refractivity contribution >= 4 is 0 Å². The van der Waals surface area contributed by atoms with Crippen molar-refractivity contribution in [2.75, 3.05) is 33.4 Å². The molecular weight excluding hydrogens is 216 g/mol. The maximum Gasteiger partial charge on any atom is 0.120 e. The van der Waals surface area contributed by atoms with Crippen molar-refractivity contribution in [1.82, 2.24) is 20.2 Å². The molecule has 0 saturated carbocycles. The van der Waals surface area contributed by atoms with E-state index in [4.69, 9.17) is 4.74 Å². The summed E-state index contributed by atoms with van der Waals surface area (Å²) in [7, 11) is 1.76. The molecule has 0 bridgehead atoms. The molecule has 0 amide bonds. The highest BCUT2D eigenvalue weighted by molar-refractivity contribution is 4.87. The summed E-state index contributed by atoms with van der Waals surface area (Å²) in [6, 6.07) is 0.653. The fourth-order valence-electron chi connectivity index (χ4n) is 2.38. The fourth-order valence-corrected chi connectivity index (χ4v) is 2.38. The van der Waals surface area contributed by atoms with E-state index in [1.165, 1.54) is 19.4 Å². The summed E-state index contributed by atoms with van der Waals surface area (Å²) < 4.78 is 5.14. The van der Waals surface area contributed by atoms with Crippen LogP contribution in [0.3, 0.4) is 0 Å². The van der Waals surface area contributed by atoms with E-state index in [0.717, 1.165) is 32.1 Å². The molecule has 1 atom stereocenters. The van der Waals surface area contributed by atoms with Gasteiger partial charge < -0.3 is 15.0 Å². The topological polar surface area (TPSA) is 53.2 Å². The second-order valence-corrected chi connectivity index (χ2v) is 4.49. The number of rotatable bonds is 7. The van der Waals surface area contributed by atoms with Crippen molar-refractivity contribution in [1.29, 1.82) is 0 Å². The maximum absolute atomic E-state index is 5.14. The second-order valence-electron chi connectivity index (χ2n) is 4.49. The average molecular weight is 238 g/mol. The largest absolute Gasteiger partial charge is 0.383 e. The first kappa shape index (κ1) is 12.5. The molecule has 1 aliphatic rings. The van der Waals surface area contributed by atoms with E-state index in [9.17, 15) is 0 Å². The van der Waals surface area contributed by atoms with Crippen LogP contribution in [0.2, 0.25) is 0 Å². The third-order valence-corrected chi connectivity index (χ3v) is 3.31. The van der Waals surface area contributed by atoms with Gasteiger partial charge in [0.1, 0.15) is 5.82 Å². The Morgan fingerprint density at radius 1 is 1.65 bits per heavy atom. The minimum atomic E-state index is 0.653. The van der Waals surface area contributed by atoms with E-state index in [2.05, 4.69) is 20.2 Å². The van der Waals surface area contributed by atoms with Crippen LogP contribution in [-0.4, -0.2) is 54.3 Å². The highest BCUT2D eigenvalue weighted by Gasteiger charge is 2.23. The van der Waals surface area contributed by atoms with Crippen LogP contribution in [0.25, 0.3) is 0 Å². The predicted octanol–water partition coefficient (Wildman–Crippen LogP) is 0.610. The molecule has 1 aromatic rings. The van der Waals surface area contributed by atoms with Gasteiger partial charge in [-0.3, -0.25) is 4.90 Å². The third-order valence-electron chi connectivity index (χ3n) is 3.31. The molecule has 0 aromatic carbocycles. The molecule has 1 unspecified atom stereocenters. The van der Waals surface area contributed by atoms with Gasteiger partial charge in [0, 0.05) is 38.6 Å². The molecule has 2 rings (SSSR count). The molecule has 0 aliphatic carbocycles. The van der Waals surface area contributed by atoms with E-state index in [-0.39, 0.29) is 0 Å². The van der Waals surface area contributed by atoms with Crippen LogP contribution >= 0.6 is 0 Å². The van der Waals surface area contributed by atoms with Crippen molar-refractivity contribution < 1.29 is 4.74 Å². The summed E-state index contributed by atoms with van der Waals surface area (Å²) in [5, 5.41) is 3.46. The molecular formula is C12H22N4O. The zero-order chi connectivity index (χ0) is 11.9. The third kappa shape index (κ3) is 3.80. The van der Waals surface area contributed by atoms with Gasteiger partial charge in [-0.2, -0.15) is 0 Å². The minimum Gasteiger partial charge on any atom is -0.383 e. The van der Waals surface area contributed by atoms with E-state index in [1.807, 2.05) is 6.20 Å². The van der Waals surface area contributed by atoms with Crippen molar-refractivity contribution in [3.05, 3.63) is 18.2 Å². The molecule has 1 aliphatic heterocycles. The molecule has 96 valence electrons. The van der Waals surface area contributed by atoms with Crippen LogP contribution in [-0.2, 0) is 11.3 Å². The van der Waals surface area contributed by atoms with E-state index in [1.54, 1.807) is 13.3 Å². The van der Waals surface area contributed by atoms with Crippen molar-refractivity contribution in [3.63, 3.8) is 0 Å². The molecule has 0 radical (unpaired) electrons. The standard InChI is InChI=1S/C12H22N4O/c1-17-8-7-16-6-2-3-11(16)9-13-10-12-14-4-5-15-12/h4-5,11,13H,2-3,6-10H2,1H3,(H,14,15). The quantitative estimate of drug-likeness (QED) is 0.731. The SMILES string of the molecule is COCCN1CCCC1CNCc1ncc[nH]1. The summed E-state index contributed by atoms with van der Waals surface area (Å²) in [5.74, 6) is 1.01. The second kappa shape index (κ2) is 6.74. The summed E-state index contributed by atoms with van der Waals surface area (Å²) in [6.07, 6.45) is 6.24. The number of H-pyrrole nitrogens is 1. The van der Waals surface area contributed by atoms with Crippen LogP contribution in [0.15, 0.2) is 12.4 Å². The van der Waals surface area contributed by atoms with Gasteiger partial charge in [-0.1, -0.05) is 0 Å². The van der Waals surface area contributed by atoms with Gasteiger partial charge in [-0.15, -0.1) is 0 Å². The van der Waals surface area contributed by atoms with Crippen molar-refractivity contribution in [2.24, 2.45) is 0 Å². The summed E-state index contributed by atoms with van der Waals surface area (Å²) in [4.78, 5) is 9.81. The van der Waals surface area contributed by atoms with Gasteiger partial charge in [0.2, 0.25) is 0 Å². The highest BCUT2D eigenvalue weighted by atomic mass is 16.5. The number of ether oxygens (including phenoxy) is 1. The molecule has 5 heteroatoms. The Bertz CT molecular complexity index is 301. The number of imidazole rings is 1. The number of hydrogen-bond acceptors (Lipinski definition) is 4. The number of aromatic nitrogens is 2. The van der Waals surface area contributed by atoms with Crippen LogP contribution in [0.4, 0.5) is 0 Å². The van der Waals surface area contributed by atoms with Gasteiger partial charge in [0.05, 0.1) is 13.2 Å². The van der Waals surface area contributed by atoms with Crippen LogP contribution in [0.1, 0.15) is 18.7 Å².